The molecule has 0 aromatic heterocycles. The molecule has 1 saturated heterocycles. The summed E-state index contributed by atoms with van der Waals surface area (Å²) >= 11 is 0. The molecule has 0 aliphatic carbocycles. The van der Waals surface area contributed by atoms with Crippen molar-refractivity contribution in [2.45, 2.75) is 137 Å². The minimum Gasteiger partial charge on any atom is -0.156 e. The molecule has 2 aromatic carbocycles. The molecule has 38 heavy (non-hydrogen) atoms. The first-order valence-corrected chi connectivity index (χ1v) is 15.2. The van der Waals surface area contributed by atoms with Crippen LogP contribution in [0.25, 0.3) is 0 Å². The summed E-state index contributed by atoms with van der Waals surface area (Å²) in [6.45, 7) is 26.3. The number of piperidine rings is 1. The van der Waals surface area contributed by atoms with Crippen LogP contribution in [0.4, 0.5) is 11.4 Å². The summed E-state index contributed by atoms with van der Waals surface area (Å²) in [6, 6.07) is 15.1. The van der Waals surface area contributed by atoms with E-state index in [-0.39, 0.29) is 5.79 Å². The normalized spacial score (nSPS) is 25.7. The van der Waals surface area contributed by atoms with Gasteiger partial charge in [0.1, 0.15) is 12.1 Å². The van der Waals surface area contributed by atoms with Crippen LogP contribution in [0.2, 0.25) is 0 Å². The van der Waals surface area contributed by atoms with Crippen molar-refractivity contribution in [1.29, 1.82) is 0 Å². The maximum Gasteiger partial charge on any atom is 0.426 e. The summed E-state index contributed by atoms with van der Waals surface area (Å²) < 4.78 is 5.61. The highest BCUT2D eigenvalue weighted by Gasteiger charge is 2.73. The fourth-order valence-corrected chi connectivity index (χ4v) is 8.02. The first-order valence-electron chi connectivity index (χ1n) is 15.2. The second kappa shape index (κ2) is 9.73. The highest BCUT2D eigenvalue weighted by molar-refractivity contribution is 5.91. The molecule has 3 aliphatic heterocycles. The van der Waals surface area contributed by atoms with Crippen LogP contribution in [0.5, 0.6) is 0 Å². The quantitative estimate of drug-likeness (QED) is 0.350. The maximum absolute atomic E-state index is 2.91. The van der Waals surface area contributed by atoms with Crippen molar-refractivity contribution in [3.63, 3.8) is 0 Å². The zero-order valence-electron chi connectivity index (χ0n) is 25.9. The van der Waals surface area contributed by atoms with E-state index < -0.39 is 0 Å². The molecular weight excluding hydrogens is 462 g/mol. The topological polar surface area (TPSA) is 9.26 Å². The van der Waals surface area contributed by atoms with Crippen molar-refractivity contribution in [1.82, 2.24) is 4.90 Å². The Morgan fingerprint density at radius 3 is 1.24 bits per heavy atom. The lowest BCUT2D eigenvalue weighted by atomic mass is 9.90. The third kappa shape index (κ3) is 3.79. The fraction of sp³-hybridized carbons (Fsp3) is 0.600. The molecule has 5 rings (SSSR count). The SMILES string of the molecule is CC1=[N+](c2c(C(C)C)cccc2C(C)C)C2(C)N3C1CCCC3C(C)=[N+]2c1c(C(C)C)cccc1C(C)C. The minimum atomic E-state index is -0.285. The summed E-state index contributed by atoms with van der Waals surface area (Å²) in [6.07, 6.45) is 3.79. The second-order valence-electron chi connectivity index (χ2n) is 13.5. The Morgan fingerprint density at radius 2 is 0.947 bits per heavy atom. The third-order valence-electron chi connectivity index (χ3n) is 9.77. The highest BCUT2D eigenvalue weighted by atomic mass is 15.6. The lowest BCUT2D eigenvalue weighted by Crippen LogP contribution is -2.56. The molecule has 2 unspecified atom stereocenters. The molecule has 3 nitrogen and oxygen atoms in total. The summed E-state index contributed by atoms with van der Waals surface area (Å²) in [5.41, 5.74) is 11.9. The first-order chi connectivity index (χ1) is 17.9. The number of nitrogens with zero attached hydrogens (tertiary/aromatic N) is 3. The van der Waals surface area contributed by atoms with Crippen LogP contribution >= 0.6 is 0 Å². The van der Waals surface area contributed by atoms with Crippen molar-refractivity contribution in [2.75, 3.05) is 0 Å². The molecule has 3 aliphatic rings. The third-order valence-corrected chi connectivity index (χ3v) is 9.77. The van der Waals surface area contributed by atoms with E-state index in [1.165, 1.54) is 64.3 Å². The summed E-state index contributed by atoms with van der Waals surface area (Å²) in [7, 11) is 0. The molecule has 1 fully saturated rings. The predicted molar refractivity (Wildman–Crippen MR) is 162 cm³/mol. The highest BCUT2D eigenvalue weighted by Crippen LogP contribution is 2.52. The van der Waals surface area contributed by atoms with Crippen molar-refractivity contribution in [2.24, 2.45) is 0 Å². The molecule has 0 amide bonds. The van der Waals surface area contributed by atoms with Crippen LogP contribution in [0, 0.1) is 0 Å². The monoisotopic (exact) mass is 513 g/mol. The zero-order valence-corrected chi connectivity index (χ0v) is 25.9. The summed E-state index contributed by atoms with van der Waals surface area (Å²) in [5.74, 6) is 1.56. The molecular formula is C35H51N3+2. The van der Waals surface area contributed by atoms with E-state index in [4.69, 9.17) is 0 Å². The fourth-order valence-electron chi connectivity index (χ4n) is 8.02. The molecule has 0 bridgehead atoms. The van der Waals surface area contributed by atoms with Crippen molar-refractivity contribution < 1.29 is 9.15 Å². The molecule has 2 aromatic rings. The molecule has 0 N–H and O–H groups in total. The van der Waals surface area contributed by atoms with Gasteiger partial charge in [0.25, 0.3) is 0 Å². The maximum atomic E-state index is 2.91. The van der Waals surface area contributed by atoms with Crippen LogP contribution in [0.1, 0.15) is 141 Å². The van der Waals surface area contributed by atoms with Gasteiger partial charge < -0.3 is 0 Å². The van der Waals surface area contributed by atoms with Gasteiger partial charge in [-0.15, -0.1) is 9.15 Å². The largest absolute Gasteiger partial charge is 0.426 e. The first kappa shape index (κ1) is 27.3. The van der Waals surface area contributed by atoms with Gasteiger partial charge >= 0.3 is 5.79 Å². The summed E-state index contributed by atoms with van der Waals surface area (Å²) in [5, 5.41) is 0. The van der Waals surface area contributed by atoms with Gasteiger partial charge in [0.05, 0.1) is 6.92 Å². The number of hydrogen-bond acceptors (Lipinski definition) is 1. The van der Waals surface area contributed by atoms with Gasteiger partial charge in [0.15, 0.2) is 11.4 Å². The van der Waals surface area contributed by atoms with E-state index in [1.54, 1.807) is 0 Å². The number of para-hydroxylation sites is 2. The standard InChI is InChI=1S/C35H51N3/c1-21(2)27-15-12-16-28(22(3)4)33(27)36-25(9)31-19-14-20-32-26(10)37(35(36,11)38(31)32)34-29(23(5)6)17-13-18-30(34)24(7)8/h12-13,15-18,21-24,31-32H,14,19-20H2,1-11H3/q+2. The zero-order chi connectivity index (χ0) is 27.7. The predicted octanol–water partition coefficient (Wildman–Crippen LogP) is 9.01. The van der Waals surface area contributed by atoms with E-state index in [2.05, 4.69) is 127 Å². The van der Waals surface area contributed by atoms with Crippen LogP contribution in [0.15, 0.2) is 36.4 Å². The van der Waals surface area contributed by atoms with E-state index in [0.717, 1.165) is 0 Å². The van der Waals surface area contributed by atoms with Gasteiger partial charge in [-0.3, -0.25) is 0 Å². The van der Waals surface area contributed by atoms with Crippen LogP contribution in [-0.2, 0) is 0 Å². The molecule has 3 heterocycles. The van der Waals surface area contributed by atoms with E-state index in [9.17, 15) is 0 Å². The Labute approximate surface area is 232 Å². The Morgan fingerprint density at radius 1 is 0.632 bits per heavy atom. The Bertz CT molecular complexity index is 1160. The molecule has 2 atom stereocenters. The molecule has 0 spiro atoms. The van der Waals surface area contributed by atoms with Crippen LogP contribution in [0.3, 0.4) is 0 Å². The van der Waals surface area contributed by atoms with Gasteiger partial charge in [-0.25, -0.2) is 0 Å². The number of hydrogen-bond donors (Lipinski definition) is 0. The minimum absolute atomic E-state index is 0.285. The van der Waals surface area contributed by atoms with Crippen molar-refractivity contribution in [3.8, 4) is 0 Å². The van der Waals surface area contributed by atoms with Gasteiger partial charge in [0, 0.05) is 36.1 Å². The van der Waals surface area contributed by atoms with Gasteiger partial charge in [-0.1, -0.05) is 91.8 Å². The summed E-state index contributed by atoms with van der Waals surface area (Å²) in [4.78, 5) is 2.91. The smallest absolute Gasteiger partial charge is 0.156 e. The van der Waals surface area contributed by atoms with Crippen LogP contribution < -0.4 is 0 Å². The van der Waals surface area contributed by atoms with Gasteiger partial charge in [-0.2, -0.15) is 4.90 Å². The average Bonchev–Trinajstić information content (AvgIpc) is 3.23. The lowest BCUT2D eigenvalue weighted by molar-refractivity contribution is -0.772. The Kier molecular flexibility index (Phi) is 7.00. The Hall–Kier alpha value is -2.26. The molecule has 3 heteroatoms. The van der Waals surface area contributed by atoms with E-state index in [0.29, 0.717) is 35.8 Å². The number of benzene rings is 2. The van der Waals surface area contributed by atoms with Crippen LogP contribution in [-0.4, -0.2) is 43.3 Å². The van der Waals surface area contributed by atoms with Crippen molar-refractivity contribution in [3.05, 3.63) is 58.7 Å². The number of rotatable bonds is 6. The van der Waals surface area contributed by atoms with Crippen molar-refractivity contribution >= 4 is 22.8 Å². The molecule has 0 saturated carbocycles. The Balaban J connectivity index is 1.90. The second-order valence-corrected chi connectivity index (χ2v) is 13.5. The lowest BCUT2D eigenvalue weighted by Gasteiger charge is -2.33. The van der Waals surface area contributed by atoms with Gasteiger partial charge in [-0.05, 0) is 42.9 Å². The average molecular weight is 514 g/mol. The molecule has 204 valence electrons. The van der Waals surface area contributed by atoms with E-state index in [1.807, 2.05) is 0 Å². The molecule has 0 radical (unpaired) electrons. The van der Waals surface area contributed by atoms with Gasteiger partial charge in [0.2, 0.25) is 11.4 Å². The van der Waals surface area contributed by atoms with E-state index >= 15 is 0 Å².